The first kappa shape index (κ1) is 22.8. The second-order valence-corrected chi connectivity index (χ2v) is 10.8. The summed E-state index contributed by atoms with van der Waals surface area (Å²) in [5.74, 6) is 0. The summed E-state index contributed by atoms with van der Waals surface area (Å²) in [6.07, 6.45) is 0. The zero-order chi connectivity index (χ0) is 25.9. The molecule has 6 aromatic rings. The maximum absolute atomic E-state index is 2.36. The molecule has 1 aliphatic rings. The van der Waals surface area contributed by atoms with Gasteiger partial charge in [0.1, 0.15) is 0 Å². The quantitative estimate of drug-likeness (QED) is 0.233. The van der Waals surface area contributed by atoms with Crippen molar-refractivity contribution in [3.05, 3.63) is 166 Å². The van der Waals surface area contributed by atoms with Crippen molar-refractivity contribution in [1.82, 2.24) is 0 Å². The monoisotopic (exact) mass is 486 g/mol. The van der Waals surface area contributed by atoms with Crippen molar-refractivity contribution in [2.45, 2.75) is 26.2 Å². The molecule has 0 bridgehead atoms. The number of fused-ring (bicyclic) bond motifs is 4. The lowest BCUT2D eigenvalue weighted by molar-refractivity contribution is 0.767. The van der Waals surface area contributed by atoms with Crippen molar-refractivity contribution in [2.75, 3.05) is 0 Å². The Labute approximate surface area is 225 Å². The second-order valence-electron chi connectivity index (χ2n) is 10.8. The number of hydrogen-bond donors (Lipinski definition) is 0. The van der Waals surface area contributed by atoms with Crippen LogP contribution in [0.2, 0.25) is 0 Å². The molecule has 0 fully saturated rings. The van der Waals surface area contributed by atoms with E-state index in [-0.39, 0.29) is 5.41 Å². The SMILES string of the molecule is Cc1ccc(C2(c3ccc(C)cc3)c3ccccc3-c3c(-c4ccc5ccc(C)cc5c4)cccc32)cc1. The van der Waals surface area contributed by atoms with E-state index in [1.807, 2.05) is 0 Å². The third kappa shape index (κ3) is 3.30. The van der Waals surface area contributed by atoms with Gasteiger partial charge in [-0.3, -0.25) is 0 Å². The van der Waals surface area contributed by atoms with Crippen LogP contribution >= 0.6 is 0 Å². The highest BCUT2D eigenvalue weighted by Gasteiger charge is 2.46. The molecule has 0 aromatic heterocycles. The van der Waals surface area contributed by atoms with Gasteiger partial charge in [0, 0.05) is 0 Å². The predicted molar refractivity (Wildman–Crippen MR) is 161 cm³/mol. The first-order valence-corrected chi connectivity index (χ1v) is 13.4. The first-order valence-electron chi connectivity index (χ1n) is 13.4. The zero-order valence-electron chi connectivity index (χ0n) is 22.1. The van der Waals surface area contributed by atoms with Crippen molar-refractivity contribution >= 4 is 10.8 Å². The molecule has 0 heteroatoms. The van der Waals surface area contributed by atoms with Crippen molar-refractivity contribution < 1.29 is 0 Å². The molecule has 7 rings (SSSR count). The van der Waals surface area contributed by atoms with Crippen molar-refractivity contribution in [1.29, 1.82) is 0 Å². The Balaban J connectivity index is 1.58. The molecule has 38 heavy (non-hydrogen) atoms. The molecule has 0 atom stereocenters. The Hall–Kier alpha value is -4.42. The van der Waals surface area contributed by atoms with Crippen LogP contribution in [0.3, 0.4) is 0 Å². The summed E-state index contributed by atoms with van der Waals surface area (Å²) in [5, 5.41) is 2.57. The average molecular weight is 487 g/mol. The molecular weight excluding hydrogens is 456 g/mol. The molecule has 0 saturated heterocycles. The van der Waals surface area contributed by atoms with E-state index in [9.17, 15) is 0 Å². The Morgan fingerprint density at radius 3 is 1.71 bits per heavy atom. The van der Waals surface area contributed by atoms with Gasteiger partial charge >= 0.3 is 0 Å². The molecule has 0 aliphatic heterocycles. The highest BCUT2D eigenvalue weighted by molar-refractivity contribution is 5.97. The van der Waals surface area contributed by atoms with E-state index in [0.29, 0.717) is 0 Å². The fourth-order valence-electron chi connectivity index (χ4n) is 6.50. The van der Waals surface area contributed by atoms with Crippen LogP contribution in [0.5, 0.6) is 0 Å². The third-order valence-corrected chi connectivity index (χ3v) is 8.34. The Morgan fingerprint density at radius 1 is 0.421 bits per heavy atom. The third-order valence-electron chi connectivity index (χ3n) is 8.34. The average Bonchev–Trinajstić information content (AvgIpc) is 3.25. The molecule has 1 aliphatic carbocycles. The van der Waals surface area contributed by atoms with Gasteiger partial charge < -0.3 is 0 Å². The topological polar surface area (TPSA) is 0 Å². The number of aryl methyl sites for hydroxylation is 3. The molecular formula is C38H30. The highest BCUT2D eigenvalue weighted by atomic mass is 14.5. The Morgan fingerprint density at radius 2 is 1.00 bits per heavy atom. The summed E-state index contributed by atoms with van der Waals surface area (Å²) >= 11 is 0. The van der Waals surface area contributed by atoms with E-state index in [2.05, 4.69) is 148 Å². The number of hydrogen-bond acceptors (Lipinski definition) is 0. The van der Waals surface area contributed by atoms with Gasteiger partial charge in [-0.2, -0.15) is 0 Å². The van der Waals surface area contributed by atoms with Gasteiger partial charge in [0.2, 0.25) is 0 Å². The number of rotatable bonds is 3. The fraction of sp³-hybridized carbons (Fsp3) is 0.105. The van der Waals surface area contributed by atoms with E-state index >= 15 is 0 Å². The Kier molecular flexibility index (Phi) is 5.13. The van der Waals surface area contributed by atoms with E-state index in [0.717, 1.165) is 0 Å². The maximum atomic E-state index is 2.36. The van der Waals surface area contributed by atoms with Crippen LogP contribution in [0.1, 0.15) is 38.9 Å². The van der Waals surface area contributed by atoms with Crippen molar-refractivity contribution in [3.63, 3.8) is 0 Å². The molecule has 0 heterocycles. The maximum Gasteiger partial charge on any atom is 0.0713 e. The predicted octanol–water partition coefficient (Wildman–Crippen LogP) is 9.80. The van der Waals surface area contributed by atoms with Gasteiger partial charge in [-0.25, -0.2) is 0 Å². The summed E-state index contributed by atoms with van der Waals surface area (Å²) in [7, 11) is 0. The van der Waals surface area contributed by atoms with Crippen LogP contribution < -0.4 is 0 Å². The second kappa shape index (κ2) is 8.57. The lowest BCUT2D eigenvalue weighted by Crippen LogP contribution is -2.28. The summed E-state index contributed by atoms with van der Waals surface area (Å²) in [6, 6.07) is 47.8. The molecule has 0 amide bonds. The van der Waals surface area contributed by atoms with Crippen molar-refractivity contribution in [2.24, 2.45) is 0 Å². The molecule has 6 aromatic carbocycles. The standard InChI is InChI=1S/C38H30/c1-25-12-19-31(20-13-25)38(32-21-14-26(2)15-22-32)35-9-5-4-7-34(35)37-33(8-6-10-36(37)38)29-18-17-28-16-11-27(3)23-30(28)24-29/h4-24H,1-3H3. The smallest absolute Gasteiger partial charge is 0.0619 e. The molecule has 182 valence electrons. The van der Waals surface area contributed by atoms with Gasteiger partial charge in [0.25, 0.3) is 0 Å². The highest BCUT2D eigenvalue weighted by Crippen LogP contribution is 2.58. The van der Waals surface area contributed by atoms with E-state index in [1.165, 1.54) is 72.0 Å². The van der Waals surface area contributed by atoms with E-state index in [4.69, 9.17) is 0 Å². The summed E-state index contributed by atoms with van der Waals surface area (Å²) < 4.78 is 0. The molecule has 0 saturated carbocycles. The van der Waals surface area contributed by atoms with Gasteiger partial charge in [0.05, 0.1) is 5.41 Å². The number of benzene rings is 6. The fourth-order valence-corrected chi connectivity index (χ4v) is 6.50. The van der Waals surface area contributed by atoms with Crippen LogP contribution in [0, 0.1) is 20.8 Å². The normalized spacial score (nSPS) is 13.3. The summed E-state index contributed by atoms with van der Waals surface area (Å²) in [4.78, 5) is 0. The molecule has 0 nitrogen and oxygen atoms in total. The van der Waals surface area contributed by atoms with Crippen LogP contribution in [-0.4, -0.2) is 0 Å². The summed E-state index contributed by atoms with van der Waals surface area (Å²) in [5.41, 5.74) is 14.0. The lowest BCUT2D eigenvalue weighted by atomic mass is 9.67. The van der Waals surface area contributed by atoms with Crippen molar-refractivity contribution in [3.8, 4) is 22.3 Å². The lowest BCUT2D eigenvalue weighted by Gasteiger charge is -2.34. The van der Waals surface area contributed by atoms with Crippen LogP contribution in [-0.2, 0) is 5.41 Å². The van der Waals surface area contributed by atoms with Crippen LogP contribution in [0.4, 0.5) is 0 Å². The van der Waals surface area contributed by atoms with E-state index < -0.39 is 0 Å². The van der Waals surface area contributed by atoms with Gasteiger partial charge in [0.15, 0.2) is 0 Å². The Bertz CT molecular complexity index is 1770. The zero-order valence-corrected chi connectivity index (χ0v) is 22.1. The van der Waals surface area contributed by atoms with Gasteiger partial charge in [-0.1, -0.05) is 138 Å². The van der Waals surface area contributed by atoms with Gasteiger partial charge in [-0.05, 0) is 82.1 Å². The minimum absolute atomic E-state index is 0.378. The van der Waals surface area contributed by atoms with E-state index in [1.54, 1.807) is 0 Å². The minimum Gasteiger partial charge on any atom is -0.0619 e. The summed E-state index contributed by atoms with van der Waals surface area (Å²) in [6.45, 7) is 6.50. The van der Waals surface area contributed by atoms with Crippen LogP contribution in [0.15, 0.2) is 127 Å². The minimum atomic E-state index is -0.378. The first-order chi connectivity index (χ1) is 18.6. The molecule has 0 unspecified atom stereocenters. The molecule has 0 radical (unpaired) electrons. The van der Waals surface area contributed by atoms with Crippen LogP contribution in [0.25, 0.3) is 33.0 Å². The molecule has 0 N–H and O–H groups in total. The van der Waals surface area contributed by atoms with Gasteiger partial charge in [-0.15, -0.1) is 0 Å². The largest absolute Gasteiger partial charge is 0.0713 e. The molecule has 0 spiro atoms.